The minimum absolute atomic E-state index is 0.0456. The summed E-state index contributed by atoms with van der Waals surface area (Å²) in [5.74, 6) is 0. The van der Waals surface area contributed by atoms with Crippen LogP contribution in [0.4, 0.5) is 4.79 Å². The van der Waals surface area contributed by atoms with Gasteiger partial charge in [-0.1, -0.05) is 0 Å². The third-order valence-corrected chi connectivity index (χ3v) is 3.28. The van der Waals surface area contributed by atoms with Gasteiger partial charge in [-0.3, -0.25) is 0 Å². The fraction of sp³-hybridized carbons (Fsp3) is 0.923. The van der Waals surface area contributed by atoms with E-state index >= 15 is 0 Å². The molecule has 5 nitrogen and oxygen atoms in total. The quantitative estimate of drug-likeness (QED) is 0.815. The Morgan fingerprint density at radius 3 is 2.44 bits per heavy atom. The van der Waals surface area contributed by atoms with E-state index in [4.69, 9.17) is 9.47 Å². The van der Waals surface area contributed by atoms with E-state index in [0.29, 0.717) is 13.1 Å². The second-order valence-electron chi connectivity index (χ2n) is 6.18. The number of nitrogens with zero attached hydrogens (tertiary/aromatic N) is 1. The molecule has 0 aromatic carbocycles. The third-order valence-electron chi connectivity index (χ3n) is 3.28. The second kappa shape index (κ2) is 5.05. The van der Waals surface area contributed by atoms with Crippen LogP contribution in [0.2, 0.25) is 0 Å². The summed E-state index contributed by atoms with van der Waals surface area (Å²) in [6.45, 7) is 6.70. The van der Waals surface area contributed by atoms with Crippen molar-refractivity contribution < 1.29 is 19.4 Å². The van der Waals surface area contributed by atoms with Crippen LogP contribution in [0.5, 0.6) is 0 Å². The summed E-state index contributed by atoms with van der Waals surface area (Å²) in [7, 11) is 0. The molecule has 0 bridgehead atoms. The van der Waals surface area contributed by atoms with Gasteiger partial charge in [0, 0.05) is 0 Å². The number of hydrogen-bond donors (Lipinski definition) is 1. The van der Waals surface area contributed by atoms with Gasteiger partial charge in [0.1, 0.15) is 5.60 Å². The molecule has 2 aliphatic rings. The van der Waals surface area contributed by atoms with Crippen molar-refractivity contribution in [2.75, 3.05) is 13.1 Å². The Bertz CT molecular complexity index is 307. The van der Waals surface area contributed by atoms with Crippen LogP contribution < -0.4 is 0 Å². The molecule has 0 aromatic rings. The molecular weight excluding hydrogens is 234 g/mol. The first-order valence-electron chi connectivity index (χ1n) is 6.66. The zero-order chi connectivity index (χ0) is 13.3. The highest BCUT2D eigenvalue weighted by molar-refractivity contribution is 5.69. The van der Waals surface area contributed by atoms with Crippen LogP contribution in [-0.4, -0.2) is 53.1 Å². The predicted octanol–water partition coefficient (Wildman–Crippen LogP) is 1.54. The van der Waals surface area contributed by atoms with Gasteiger partial charge in [0.15, 0.2) is 0 Å². The Kier molecular flexibility index (Phi) is 3.82. The molecule has 1 aliphatic heterocycles. The fourth-order valence-corrected chi connectivity index (χ4v) is 2.31. The first-order valence-corrected chi connectivity index (χ1v) is 6.66. The van der Waals surface area contributed by atoms with Gasteiger partial charge in [0.05, 0.1) is 31.4 Å². The highest BCUT2D eigenvalue weighted by Gasteiger charge is 2.37. The lowest BCUT2D eigenvalue weighted by Gasteiger charge is -2.40. The normalized spacial score (nSPS) is 29.2. The topological polar surface area (TPSA) is 59.0 Å². The Hall–Kier alpha value is -0.810. The number of likely N-dealkylation sites (tertiary alicyclic amines) is 1. The zero-order valence-corrected chi connectivity index (χ0v) is 11.4. The van der Waals surface area contributed by atoms with E-state index in [-0.39, 0.29) is 24.4 Å². The van der Waals surface area contributed by atoms with Gasteiger partial charge in [-0.05, 0) is 40.0 Å². The molecule has 104 valence electrons. The molecule has 5 heteroatoms. The smallest absolute Gasteiger partial charge is 0.410 e. The summed E-state index contributed by atoms with van der Waals surface area (Å²) in [6, 6.07) is 0. The van der Waals surface area contributed by atoms with E-state index in [9.17, 15) is 9.90 Å². The molecule has 0 aromatic heterocycles. The Morgan fingerprint density at radius 2 is 1.94 bits per heavy atom. The Morgan fingerprint density at radius 1 is 1.28 bits per heavy atom. The second-order valence-corrected chi connectivity index (χ2v) is 6.18. The van der Waals surface area contributed by atoms with Gasteiger partial charge in [-0.2, -0.15) is 0 Å². The average molecular weight is 257 g/mol. The molecule has 0 unspecified atom stereocenters. The van der Waals surface area contributed by atoms with Crippen molar-refractivity contribution in [1.29, 1.82) is 0 Å². The van der Waals surface area contributed by atoms with Crippen LogP contribution in [0, 0.1) is 0 Å². The van der Waals surface area contributed by atoms with Gasteiger partial charge in [0.25, 0.3) is 0 Å². The first kappa shape index (κ1) is 13.6. The lowest BCUT2D eigenvalue weighted by atomic mass is 10.1. The number of rotatable bonds is 2. The number of ether oxygens (including phenoxy) is 2. The number of aliphatic hydroxyl groups excluding tert-OH is 1. The summed E-state index contributed by atoms with van der Waals surface area (Å²) in [5.41, 5.74) is -0.454. The maximum atomic E-state index is 11.7. The van der Waals surface area contributed by atoms with Gasteiger partial charge in [0.2, 0.25) is 0 Å². The van der Waals surface area contributed by atoms with Crippen molar-refractivity contribution in [2.24, 2.45) is 0 Å². The number of carbonyl (C=O) groups excluding carboxylic acids is 1. The summed E-state index contributed by atoms with van der Waals surface area (Å²) in [4.78, 5) is 13.3. The summed E-state index contributed by atoms with van der Waals surface area (Å²) >= 11 is 0. The predicted molar refractivity (Wildman–Crippen MR) is 66.3 cm³/mol. The van der Waals surface area contributed by atoms with Crippen molar-refractivity contribution in [2.45, 2.75) is 63.9 Å². The van der Waals surface area contributed by atoms with Crippen LogP contribution in [0.3, 0.4) is 0 Å². The highest BCUT2D eigenvalue weighted by Crippen LogP contribution is 2.26. The molecule has 1 heterocycles. The van der Waals surface area contributed by atoms with E-state index in [1.165, 1.54) is 0 Å². The third kappa shape index (κ3) is 3.36. The van der Waals surface area contributed by atoms with Crippen LogP contribution in [0.25, 0.3) is 0 Å². The summed E-state index contributed by atoms with van der Waals surface area (Å²) < 4.78 is 11.0. The van der Waals surface area contributed by atoms with Crippen LogP contribution >= 0.6 is 0 Å². The van der Waals surface area contributed by atoms with E-state index in [2.05, 4.69) is 0 Å². The van der Waals surface area contributed by atoms with Crippen LogP contribution in [0.1, 0.15) is 40.0 Å². The van der Waals surface area contributed by atoms with Crippen molar-refractivity contribution in [1.82, 2.24) is 4.90 Å². The van der Waals surface area contributed by atoms with Crippen molar-refractivity contribution >= 4 is 6.09 Å². The molecule has 1 saturated carbocycles. The van der Waals surface area contributed by atoms with Gasteiger partial charge in [-0.15, -0.1) is 0 Å². The summed E-state index contributed by atoms with van der Waals surface area (Å²) in [6.07, 6.45) is 2.16. The monoisotopic (exact) mass is 257 g/mol. The molecule has 2 atom stereocenters. The molecule has 0 spiro atoms. The van der Waals surface area contributed by atoms with Gasteiger partial charge in [-0.25, -0.2) is 4.79 Å². The number of carbonyl (C=O) groups is 1. The van der Waals surface area contributed by atoms with Crippen molar-refractivity contribution in [3.8, 4) is 0 Å². The van der Waals surface area contributed by atoms with Crippen molar-refractivity contribution in [3.63, 3.8) is 0 Å². The molecule has 1 amide bonds. The maximum absolute atomic E-state index is 11.7. The molecule has 1 aliphatic carbocycles. The first-order chi connectivity index (χ1) is 8.35. The van der Waals surface area contributed by atoms with Gasteiger partial charge >= 0.3 is 6.09 Å². The van der Waals surface area contributed by atoms with E-state index < -0.39 is 5.60 Å². The molecule has 1 saturated heterocycles. The minimum atomic E-state index is -0.454. The van der Waals surface area contributed by atoms with Crippen LogP contribution in [-0.2, 0) is 9.47 Å². The maximum Gasteiger partial charge on any atom is 0.410 e. The summed E-state index contributed by atoms with van der Waals surface area (Å²) in [5, 5.41) is 9.66. The largest absolute Gasteiger partial charge is 0.444 e. The van der Waals surface area contributed by atoms with Crippen LogP contribution in [0.15, 0.2) is 0 Å². The molecule has 2 rings (SSSR count). The van der Waals surface area contributed by atoms with Gasteiger partial charge < -0.3 is 19.5 Å². The SMILES string of the molecule is CC(C)(C)OC(=O)N1CC(O[C@@H]2CCC[C@H]2O)C1. The number of amides is 1. The highest BCUT2D eigenvalue weighted by atomic mass is 16.6. The molecular formula is C13H23NO4. The average Bonchev–Trinajstić information content (AvgIpc) is 2.54. The Labute approximate surface area is 108 Å². The minimum Gasteiger partial charge on any atom is -0.444 e. The zero-order valence-electron chi connectivity index (χ0n) is 11.4. The lowest BCUT2D eigenvalue weighted by Crippen LogP contribution is -2.57. The Balaban J connectivity index is 1.69. The number of hydrogen-bond acceptors (Lipinski definition) is 4. The lowest BCUT2D eigenvalue weighted by molar-refractivity contribution is -0.116. The van der Waals surface area contributed by atoms with Crippen molar-refractivity contribution in [3.05, 3.63) is 0 Å². The fourth-order valence-electron chi connectivity index (χ4n) is 2.31. The number of aliphatic hydroxyl groups is 1. The van der Waals surface area contributed by atoms with E-state index in [1.807, 2.05) is 20.8 Å². The standard InChI is InChI=1S/C13H23NO4/c1-13(2,3)18-12(16)14-7-9(8-14)17-11-6-4-5-10(11)15/h9-11,15H,4-8H2,1-3H3/t10-,11-/m1/s1. The molecule has 1 N–H and O–H groups in total. The molecule has 2 fully saturated rings. The molecule has 0 radical (unpaired) electrons. The molecule has 18 heavy (non-hydrogen) atoms. The van der Waals surface area contributed by atoms with E-state index in [0.717, 1.165) is 19.3 Å². The van der Waals surface area contributed by atoms with E-state index in [1.54, 1.807) is 4.90 Å².